The molecule has 0 radical (unpaired) electrons. The zero-order valence-corrected chi connectivity index (χ0v) is 15.1. The van der Waals surface area contributed by atoms with Gasteiger partial charge >= 0.3 is 0 Å². The first-order chi connectivity index (χ1) is 12.0. The second-order valence-corrected chi connectivity index (χ2v) is 6.16. The Morgan fingerprint density at radius 2 is 2.00 bits per heavy atom. The molecule has 2 aromatic heterocycles. The van der Waals surface area contributed by atoms with Gasteiger partial charge in [-0.2, -0.15) is 5.10 Å². The number of nitrogens with one attached hydrogen (secondary N) is 1. The van der Waals surface area contributed by atoms with E-state index in [1.165, 1.54) is 0 Å². The molecule has 0 spiro atoms. The molecule has 1 amide bonds. The SMILES string of the molecule is CNCCN(C)C(=O)c1cc(-c2ccccc2)nc2c1c(C)nn2C. The standard InChI is InChI=1S/C19H23N5O/c1-13-17-15(19(25)23(3)11-10-20-2)12-16(14-8-6-5-7-9-14)21-18(17)24(4)22-13/h5-9,12,20H,10-11H2,1-4H3. The molecule has 1 aromatic carbocycles. The van der Waals surface area contributed by atoms with Crippen molar-refractivity contribution in [3.05, 3.63) is 47.7 Å². The van der Waals surface area contributed by atoms with Crippen LogP contribution in [0.3, 0.4) is 0 Å². The molecule has 0 saturated heterocycles. The predicted octanol–water partition coefficient (Wildman–Crippen LogP) is 2.24. The van der Waals surface area contributed by atoms with Crippen LogP contribution in [0.15, 0.2) is 36.4 Å². The van der Waals surface area contributed by atoms with Crippen molar-refractivity contribution in [3.8, 4) is 11.3 Å². The lowest BCUT2D eigenvalue weighted by Gasteiger charge is -2.18. The maximum atomic E-state index is 13.0. The van der Waals surface area contributed by atoms with Gasteiger partial charge in [0, 0.05) is 32.7 Å². The van der Waals surface area contributed by atoms with Crippen molar-refractivity contribution in [1.29, 1.82) is 0 Å². The second-order valence-electron chi connectivity index (χ2n) is 6.16. The number of fused-ring (bicyclic) bond motifs is 1. The number of rotatable bonds is 5. The van der Waals surface area contributed by atoms with Crippen molar-refractivity contribution in [2.24, 2.45) is 7.05 Å². The number of nitrogens with zero attached hydrogens (tertiary/aromatic N) is 4. The number of benzene rings is 1. The number of pyridine rings is 1. The number of aryl methyl sites for hydroxylation is 2. The molecular weight excluding hydrogens is 314 g/mol. The van der Waals surface area contributed by atoms with E-state index < -0.39 is 0 Å². The number of amides is 1. The Balaban J connectivity index is 2.17. The van der Waals surface area contributed by atoms with Crippen LogP contribution in [0.2, 0.25) is 0 Å². The van der Waals surface area contributed by atoms with Crippen molar-refractivity contribution in [3.63, 3.8) is 0 Å². The van der Waals surface area contributed by atoms with Crippen LogP contribution in [0.1, 0.15) is 16.1 Å². The highest BCUT2D eigenvalue weighted by Gasteiger charge is 2.21. The topological polar surface area (TPSA) is 63.1 Å². The Kier molecular flexibility index (Phi) is 4.81. The Labute approximate surface area is 147 Å². The second kappa shape index (κ2) is 7.03. The summed E-state index contributed by atoms with van der Waals surface area (Å²) in [5, 5.41) is 8.36. The zero-order chi connectivity index (χ0) is 18.0. The third-order valence-electron chi connectivity index (χ3n) is 4.31. The van der Waals surface area contributed by atoms with Gasteiger partial charge in [0.15, 0.2) is 5.65 Å². The molecule has 6 nitrogen and oxygen atoms in total. The molecule has 0 aliphatic rings. The van der Waals surface area contributed by atoms with Gasteiger partial charge in [-0.3, -0.25) is 9.48 Å². The Bertz CT molecular complexity index is 901. The van der Waals surface area contributed by atoms with Gasteiger partial charge < -0.3 is 10.2 Å². The fourth-order valence-electron chi connectivity index (χ4n) is 2.96. The fraction of sp³-hybridized carbons (Fsp3) is 0.316. The molecule has 0 aliphatic carbocycles. The lowest BCUT2D eigenvalue weighted by atomic mass is 10.0. The summed E-state index contributed by atoms with van der Waals surface area (Å²) in [6.07, 6.45) is 0. The summed E-state index contributed by atoms with van der Waals surface area (Å²) in [5.74, 6) is -0.0177. The molecule has 0 unspecified atom stereocenters. The van der Waals surface area contributed by atoms with Gasteiger partial charge in [0.25, 0.3) is 5.91 Å². The monoisotopic (exact) mass is 337 g/mol. The molecule has 3 aromatic rings. The van der Waals surface area contributed by atoms with Gasteiger partial charge in [-0.15, -0.1) is 0 Å². The number of likely N-dealkylation sites (N-methyl/N-ethyl adjacent to an activating group) is 2. The zero-order valence-electron chi connectivity index (χ0n) is 15.1. The highest BCUT2D eigenvalue weighted by atomic mass is 16.2. The van der Waals surface area contributed by atoms with Gasteiger partial charge in [-0.25, -0.2) is 4.98 Å². The van der Waals surface area contributed by atoms with Gasteiger partial charge in [-0.1, -0.05) is 30.3 Å². The van der Waals surface area contributed by atoms with Gasteiger partial charge in [0.1, 0.15) is 0 Å². The minimum atomic E-state index is -0.0177. The molecule has 0 saturated carbocycles. The van der Waals surface area contributed by atoms with Crippen LogP contribution in [0.25, 0.3) is 22.3 Å². The average molecular weight is 337 g/mol. The van der Waals surface area contributed by atoms with E-state index in [1.807, 2.05) is 64.5 Å². The first-order valence-corrected chi connectivity index (χ1v) is 8.32. The highest BCUT2D eigenvalue weighted by Crippen LogP contribution is 2.27. The van der Waals surface area contributed by atoms with Crippen molar-refractivity contribution in [1.82, 2.24) is 25.0 Å². The van der Waals surface area contributed by atoms with E-state index in [1.54, 1.807) is 9.58 Å². The smallest absolute Gasteiger partial charge is 0.254 e. The van der Waals surface area contributed by atoms with Crippen LogP contribution in [-0.4, -0.2) is 52.8 Å². The summed E-state index contributed by atoms with van der Waals surface area (Å²) in [7, 11) is 5.55. The molecule has 25 heavy (non-hydrogen) atoms. The predicted molar refractivity (Wildman–Crippen MR) is 99.6 cm³/mol. The minimum absolute atomic E-state index is 0.0177. The summed E-state index contributed by atoms with van der Waals surface area (Å²) in [5.41, 5.74) is 3.95. The number of hydrogen-bond donors (Lipinski definition) is 1. The van der Waals surface area contributed by atoms with Gasteiger partial charge in [0.05, 0.1) is 22.3 Å². The van der Waals surface area contributed by atoms with E-state index in [4.69, 9.17) is 4.98 Å². The molecule has 0 aliphatic heterocycles. The molecule has 3 rings (SSSR count). The number of carbonyl (C=O) groups is 1. The third-order valence-corrected chi connectivity index (χ3v) is 4.31. The van der Waals surface area contributed by atoms with Crippen LogP contribution in [0.4, 0.5) is 0 Å². The van der Waals surface area contributed by atoms with E-state index >= 15 is 0 Å². The Morgan fingerprint density at radius 3 is 2.68 bits per heavy atom. The lowest BCUT2D eigenvalue weighted by Crippen LogP contribution is -2.33. The first-order valence-electron chi connectivity index (χ1n) is 8.32. The summed E-state index contributed by atoms with van der Waals surface area (Å²) >= 11 is 0. The lowest BCUT2D eigenvalue weighted by molar-refractivity contribution is 0.0798. The molecule has 2 heterocycles. The van der Waals surface area contributed by atoms with E-state index in [9.17, 15) is 4.79 Å². The summed E-state index contributed by atoms with van der Waals surface area (Å²) in [4.78, 5) is 19.5. The van der Waals surface area contributed by atoms with Gasteiger partial charge in [0.2, 0.25) is 0 Å². The maximum Gasteiger partial charge on any atom is 0.254 e. The van der Waals surface area contributed by atoms with Crippen LogP contribution in [0, 0.1) is 6.92 Å². The Morgan fingerprint density at radius 1 is 1.28 bits per heavy atom. The fourth-order valence-corrected chi connectivity index (χ4v) is 2.96. The summed E-state index contributed by atoms with van der Waals surface area (Å²) in [6, 6.07) is 11.8. The Hall–Kier alpha value is -2.73. The van der Waals surface area contributed by atoms with E-state index in [0.717, 1.165) is 34.5 Å². The number of hydrogen-bond acceptors (Lipinski definition) is 4. The van der Waals surface area contributed by atoms with Crippen LogP contribution in [-0.2, 0) is 7.05 Å². The van der Waals surface area contributed by atoms with E-state index in [0.29, 0.717) is 12.1 Å². The average Bonchev–Trinajstić information content (AvgIpc) is 2.93. The molecule has 0 bridgehead atoms. The van der Waals surface area contributed by atoms with Crippen LogP contribution in [0.5, 0.6) is 0 Å². The van der Waals surface area contributed by atoms with Crippen molar-refractivity contribution in [2.45, 2.75) is 6.92 Å². The molecule has 1 N–H and O–H groups in total. The van der Waals surface area contributed by atoms with Crippen molar-refractivity contribution >= 4 is 16.9 Å². The molecular formula is C19H23N5O. The van der Waals surface area contributed by atoms with Crippen molar-refractivity contribution in [2.75, 3.05) is 27.2 Å². The third kappa shape index (κ3) is 3.25. The summed E-state index contributed by atoms with van der Waals surface area (Å²) < 4.78 is 1.74. The van der Waals surface area contributed by atoms with Gasteiger partial charge in [-0.05, 0) is 20.0 Å². The highest BCUT2D eigenvalue weighted by molar-refractivity contribution is 6.07. The van der Waals surface area contributed by atoms with Crippen LogP contribution >= 0.6 is 0 Å². The number of aromatic nitrogens is 3. The van der Waals surface area contributed by atoms with E-state index in [2.05, 4.69) is 10.4 Å². The number of carbonyl (C=O) groups excluding carboxylic acids is 1. The normalized spacial score (nSPS) is 11.0. The van der Waals surface area contributed by atoms with E-state index in [-0.39, 0.29) is 5.91 Å². The maximum absolute atomic E-state index is 13.0. The quantitative estimate of drug-likeness (QED) is 0.775. The first kappa shape index (κ1) is 17.1. The molecule has 6 heteroatoms. The largest absolute Gasteiger partial charge is 0.340 e. The van der Waals surface area contributed by atoms with Crippen molar-refractivity contribution < 1.29 is 4.79 Å². The van der Waals surface area contributed by atoms with Crippen LogP contribution < -0.4 is 5.32 Å². The minimum Gasteiger partial charge on any atom is -0.340 e. The molecule has 130 valence electrons. The molecule has 0 atom stereocenters. The molecule has 0 fully saturated rings. The summed E-state index contributed by atoms with van der Waals surface area (Å²) in [6.45, 7) is 3.30.